The summed E-state index contributed by atoms with van der Waals surface area (Å²) >= 11 is 5.82. The maximum absolute atomic E-state index is 12.4. The van der Waals surface area contributed by atoms with E-state index in [1.54, 1.807) is 31.4 Å². The Morgan fingerprint density at radius 2 is 1.68 bits per heavy atom. The zero-order chi connectivity index (χ0) is 18.4. The van der Waals surface area contributed by atoms with E-state index in [0.29, 0.717) is 16.5 Å². The highest BCUT2D eigenvalue weighted by Gasteiger charge is 2.17. The van der Waals surface area contributed by atoms with Gasteiger partial charge in [0, 0.05) is 17.6 Å². The Kier molecular flexibility index (Phi) is 6.87. The molecule has 0 radical (unpaired) electrons. The van der Waals surface area contributed by atoms with Gasteiger partial charge < -0.3 is 9.64 Å². The second-order valence-electron chi connectivity index (χ2n) is 6.15. The number of hydrogen-bond donors (Lipinski definition) is 0. The molecule has 2 aromatic carbocycles. The first-order valence-electron chi connectivity index (χ1n) is 8.13. The van der Waals surface area contributed by atoms with Gasteiger partial charge in [0.1, 0.15) is 5.75 Å². The molecule has 4 nitrogen and oxygen atoms in total. The van der Waals surface area contributed by atoms with Crippen LogP contribution in [0.15, 0.2) is 53.4 Å². The van der Waals surface area contributed by atoms with E-state index < -0.39 is 9.84 Å². The van der Waals surface area contributed by atoms with E-state index in [4.69, 9.17) is 16.3 Å². The number of likely N-dealkylation sites (N-methyl/N-ethyl adjacent to an activating group) is 1. The maximum Gasteiger partial charge on any atom is 0.179 e. The summed E-state index contributed by atoms with van der Waals surface area (Å²) in [7, 11) is 0.291. The average molecular weight is 382 g/mol. The predicted octanol–water partition coefficient (Wildman–Crippen LogP) is 3.69. The molecule has 0 heterocycles. The quantitative estimate of drug-likeness (QED) is 0.699. The van der Waals surface area contributed by atoms with E-state index in [1.807, 2.05) is 31.3 Å². The van der Waals surface area contributed by atoms with Gasteiger partial charge in [-0.2, -0.15) is 0 Å². The molecule has 0 aliphatic rings. The van der Waals surface area contributed by atoms with Gasteiger partial charge in [0.25, 0.3) is 0 Å². The number of halogens is 1. The molecule has 0 saturated carbocycles. The highest BCUT2D eigenvalue weighted by Crippen LogP contribution is 2.17. The lowest BCUT2D eigenvalue weighted by Crippen LogP contribution is -2.34. The largest absolute Gasteiger partial charge is 0.497 e. The molecule has 1 atom stereocenters. The van der Waals surface area contributed by atoms with Crippen molar-refractivity contribution in [2.45, 2.75) is 24.3 Å². The molecule has 6 heteroatoms. The van der Waals surface area contributed by atoms with E-state index in [0.717, 1.165) is 12.2 Å². The van der Waals surface area contributed by atoms with Crippen LogP contribution < -0.4 is 4.74 Å². The van der Waals surface area contributed by atoms with Gasteiger partial charge in [-0.25, -0.2) is 8.42 Å². The molecule has 136 valence electrons. The zero-order valence-electron chi connectivity index (χ0n) is 14.8. The Labute approximate surface area is 155 Å². The summed E-state index contributed by atoms with van der Waals surface area (Å²) in [5.41, 5.74) is 1.20. The molecule has 2 rings (SSSR count). The molecule has 0 aromatic heterocycles. The van der Waals surface area contributed by atoms with Crippen LogP contribution in [0.5, 0.6) is 5.75 Å². The van der Waals surface area contributed by atoms with Gasteiger partial charge in [-0.05, 0) is 62.4 Å². The molecular weight excluding hydrogens is 358 g/mol. The van der Waals surface area contributed by atoms with Gasteiger partial charge in [0.2, 0.25) is 0 Å². The smallest absolute Gasteiger partial charge is 0.179 e. The number of ether oxygens (including phenoxy) is 1. The molecule has 2 aromatic rings. The van der Waals surface area contributed by atoms with Crippen LogP contribution in [0.4, 0.5) is 0 Å². The van der Waals surface area contributed by atoms with Gasteiger partial charge in [-0.3, -0.25) is 0 Å². The second kappa shape index (κ2) is 8.70. The molecule has 0 saturated heterocycles. The van der Waals surface area contributed by atoms with Crippen molar-refractivity contribution in [1.29, 1.82) is 0 Å². The molecule has 0 aliphatic carbocycles. The molecule has 0 aliphatic heterocycles. The van der Waals surface area contributed by atoms with Crippen molar-refractivity contribution in [3.05, 3.63) is 59.1 Å². The van der Waals surface area contributed by atoms with Crippen molar-refractivity contribution in [2.24, 2.45) is 0 Å². The molecule has 0 fully saturated rings. The topological polar surface area (TPSA) is 46.6 Å². The average Bonchev–Trinajstić information content (AvgIpc) is 2.60. The summed E-state index contributed by atoms with van der Waals surface area (Å²) in [5, 5.41) is 0.532. The number of rotatable bonds is 8. The van der Waals surface area contributed by atoms with E-state index in [2.05, 4.69) is 11.8 Å². The number of methoxy groups -OCH3 is 1. The van der Waals surface area contributed by atoms with Gasteiger partial charge in [-0.15, -0.1) is 0 Å². The Hall–Kier alpha value is -1.56. The third kappa shape index (κ3) is 5.73. The lowest BCUT2D eigenvalue weighted by Gasteiger charge is -2.24. The summed E-state index contributed by atoms with van der Waals surface area (Å²) in [4.78, 5) is 2.38. The summed E-state index contributed by atoms with van der Waals surface area (Å²) in [6.45, 7) is 2.57. The van der Waals surface area contributed by atoms with Crippen LogP contribution in [0.1, 0.15) is 12.5 Å². The number of hydrogen-bond acceptors (Lipinski definition) is 4. The van der Waals surface area contributed by atoms with E-state index >= 15 is 0 Å². The molecule has 0 amide bonds. The highest BCUT2D eigenvalue weighted by molar-refractivity contribution is 7.91. The van der Waals surface area contributed by atoms with Crippen LogP contribution in [0, 0.1) is 0 Å². The number of benzene rings is 2. The van der Waals surface area contributed by atoms with Crippen molar-refractivity contribution < 1.29 is 13.2 Å². The third-order valence-electron chi connectivity index (χ3n) is 4.33. The molecule has 0 spiro atoms. The predicted molar refractivity (Wildman–Crippen MR) is 102 cm³/mol. The fourth-order valence-corrected chi connectivity index (χ4v) is 3.94. The zero-order valence-corrected chi connectivity index (χ0v) is 16.3. The first-order chi connectivity index (χ1) is 11.8. The second-order valence-corrected chi connectivity index (χ2v) is 8.70. The summed E-state index contributed by atoms with van der Waals surface area (Å²) in [5.74, 6) is 0.914. The minimum absolute atomic E-state index is 0.0814. The Morgan fingerprint density at radius 3 is 2.24 bits per heavy atom. The first-order valence-corrected chi connectivity index (χ1v) is 10.2. The van der Waals surface area contributed by atoms with Crippen LogP contribution in [-0.2, 0) is 16.3 Å². The summed E-state index contributed by atoms with van der Waals surface area (Å²) < 4.78 is 30.0. The minimum atomic E-state index is -3.30. The van der Waals surface area contributed by atoms with Crippen LogP contribution in [-0.4, -0.2) is 45.8 Å². The summed E-state index contributed by atoms with van der Waals surface area (Å²) in [6, 6.07) is 14.5. The Morgan fingerprint density at radius 1 is 1.08 bits per heavy atom. The molecule has 25 heavy (non-hydrogen) atoms. The van der Waals surface area contributed by atoms with Crippen molar-refractivity contribution in [3.63, 3.8) is 0 Å². The minimum Gasteiger partial charge on any atom is -0.497 e. The fraction of sp³-hybridized carbons (Fsp3) is 0.368. The lowest BCUT2D eigenvalue weighted by atomic mass is 10.1. The number of sulfone groups is 1. The SMILES string of the molecule is COc1ccc(CC(C)N(C)CCS(=O)(=O)c2ccc(Cl)cc2)cc1. The number of nitrogens with zero attached hydrogens (tertiary/aromatic N) is 1. The monoisotopic (exact) mass is 381 g/mol. The van der Waals surface area contributed by atoms with Crippen molar-refractivity contribution in [2.75, 3.05) is 26.5 Å². The van der Waals surface area contributed by atoms with Gasteiger partial charge in [0.05, 0.1) is 17.8 Å². The van der Waals surface area contributed by atoms with Crippen LogP contribution in [0.25, 0.3) is 0 Å². The van der Waals surface area contributed by atoms with E-state index in [1.165, 1.54) is 5.56 Å². The lowest BCUT2D eigenvalue weighted by molar-refractivity contribution is 0.270. The normalized spacial score (nSPS) is 13.0. The molecule has 0 N–H and O–H groups in total. The fourth-order valence-electron chi connectivity index (χ4n) is 2.50. The standard InChI is InChI=1S/C19H24ClNO3S/c1-15(14-16-4-8-18(24-3)9-5-16)21(2)12-13-25(22,23)19-10-6-17(20)7-11-19/h4-11,15H,12-14H2,1-3H3. The van der Waals surface area contributed by atoms with Crippen molar-refractivity contribution >= 4 is 21.4 Å². The Bertz CT molecular complexity index is 773. The summed E-state index contributed by atoms with van der Waals surface area (Å²) in [6.07, 6.45) is 0.849. The van der Waals surface area contributed by atoms with Gasteiger partial charge in [0.15, 0.2) is 9.84 Å². The van der Waals surface area contributed by atoms with Crippen molar-refractivity contribution in [3.8, 4) is 5.75 Å². The first kappa shape index (κ1) is 19.8. The van der Waals surface area contributed by atoms with E-state index in [9.17, 15) is 8.42 Å². The van der Waals surface area contributed by atoms with Crippen LogP contribution in [0.2, 0.25) is 5.02 Å². The molecule has 0 bridgehead atoms. The maximum atomic E-state index is 12.4. The van der Waals surface area contributed by atoms with Crippen LogP contribution >= 0.6 is 11.6 Å². The third-order valence-corrected chi connectivity index (χ3v) is 6.29. The Balaban J connectivity index is 1.91. The molecule has 1 unspecified atom stereocenters. The molecular formula is C19H24ClNO3S. The van der Waals surface area contributed by atoms with Gasteiger partial charge in [-0.1, -0.05) is 23.7 Å². The highest BCUT2D eigenvalue weighted by atomic mass is 35.5. The van der Waals surface area contributed by atoms with Crippen LogP contribution in [0.3, 0.4) is 0 Å². The van der Waals surface area contributed by atoms with Crippen molar-refractivity contribution in [1.82, 2.24) is 4.90 Å². The van der Waals surface area contributed by atoms with Gasteiger partial charge >= 0.3 is 0 Å². The van der Waals surface area contributed by atoms with E-state index in [-0.39, 0.29) is 11.8 Å².